The summed E-state index contributed by atoms with van der Waals surface area (Å²) in [6, 6.07) is 9.06. The molecule has 1 aromatic rings. The third kappa shape index (κ3) is 2.57. The molecule has 0 fully saturated rings. The van der Waals surface area contributed by atoms with Gasteiger partial charge in [0.1, 0.15) is 6.07 Å². The standard InChI is InChI=1S/C10H8BrNO2/c1-7(13)14-10(6-12)8-4-2-3-5-9(8)11/h2-5,10H,1H3. The highest BCUT2D eigenvalue weighted by molar-refractivity contribution is 9.10. The van der Waals surface area contributed by atoms with Crippen molar-refractivity contribution in [1.82, 2.24) is 0 Å². The summed E-state index contributed by atoms with van der Waals surface area (Å²) in [5.74, 6) is -0.465. The topological polar surface area (TPSA) is 50.1 Å². The van der Waals surface area contributed by atoms with Gasteiger partial charge in [-0.3, -0.25) is 4.79 Å². The first-order chi connectivity index (χ1) is 6.65. The van der Waals surface area contributed by atoms with Crippen LogP contribution in [0.2, 0.25) is 0 Å². The molecule has 0 spiro atoms. The largest absolute Gasteiger partial charge is 0.442 e. The van der Waals surface area contributed by atoms with E-state index < -0.39 is 12.1 Å². The Morgan fingerprint density at radius 1 is 1.57 bits per heavy atom. The first-order valence-corrected chi connectivity index (χ1v) is 4.75. The lowest BCUT2D eigenvalue weighted by Gasteiger charge is -2.10. The van der Waals surface area contributed by atoms with Gasteiger partial charge in [-0.15, -0.1) is 0 Å². The molecule has 1 aromatic carbocycles. The van der Waals surface area contributed by atoms with E-state index in [0.717, 1.165) is 4.47 Å². The number of nitriles is 1. The quantitative estimate of drug-likeness (QED) is 0.762. The fraction of sp³-hybridized carbons (Fsp3) is 0.200. The molecule has 0 aromatic heterocycles. The summed E-state index contributed by atoms with van der Waals surface area (Å²) in [4.78, 5) is 10.7. The van der Waals surface area contributed by atoms with Gasteiger partial charge in [0.2, 0.25) is 6.10 Å². The van der Waals surface area contributed by atoms with Gasteiger partial charge < -0.3 is 4.74 Å². The van der Waals surface area contributed by atoms with E-state index >= 15 is 0 Å². The Morgan fingerprint density at radius 3 is 2.71 bits per heavy atom. The van der Waals surface area contributed by atoms with Gasteiger partial charge in [0, 0.05) is 17.0 Å². The average molecular weight is 254 g/mol. The lowest BCUT2D eigenvalue weighted by molar-refractivity contribution is -0.144. The Hall–Kier alpha value is -1.34. The van der Waals surface area contributed by atoms with Crippen LogP contribution >= 0.6 is 15.9 Å². The minimum Gasteiger partial charge on any atom is -0.442 e. The maximum absolute atomic E-state index is 10.7. The number of hydrogen-bond acceptors (Lipinski definition) is 3. The van der Waals surface area contributed by atoms with Crippen LogP contribution in [-0.2, 0) is 9.53 Å². The van der Waals surface area contributed by atoms with Crippen molar-refractivity contribution in [2.45, 2.75) is 13.0 Å². The van der Waals surface area contributed by atoms with Gasteiger partial charge in [0.15, 0.2) is 0 Å². The molecule has 0 saturated heterocycles. The SMILES string of the molecule is CC(=O)OC(C#N)c1ccccc1Br. The fourth-order valence-corrected chi connectivity index (χ4v) is 1.51. The van der Waals surface area contributed by atoms with Crippen molar-refractivity contribution in [3.63, 3.8) is 0 Å². The smallest absolute Gasteiger partial charge is 0.304 e. The van der Waals surface area contributed by atoms with E-state index in [1.54, 1.807) is 18.2 Å². The molecule has 3 nitrogen and oxygen atoms in total. The summed E-state index contributed by atoms with van der Waals surface area (Å²) in [6.07, 6.45) is -0.844. The van der Waals surface area contributed by atoms with E-state index in [9.17, 15) is 4.79 Å². The molecule has 1 unspecified atom stereocenters. The van der Waals surface area contributed by atoms with Crippen LogP contribution in [0.3, 0.4) is 0 Å². The second-order valence-corrected chi connectivity index (χ2v) is 3.49. The van der Waals surface area contributed by atoms with Crippen molar-refractivity contribution >= 4 is 21.9 Å². The van der Waals surface area contributed by atoms with Gasteiger partial charge in [0.05, 0.1) is 0 Å². The second kappa shape index (κ2) is 4.77. The molecule has 0 radical (unpaired) electrons. The van der Waals surface area contributed by atoms with Crippen LogP contribution in [-0.4, -0.2) is 5.97 Å². The van der Waals surface area contributed by atoms with Crippen molar-refractivity contribution in [1.29, 1.82) is 5.26 Å². The number of esters is 1. The van der Waals surface area contributed by atoms with Crippen LogP contribution in [0.15, 0.2) is 28.7 Å². The first-order valence-electron chi connectivity index (χ1n) is 3.96. The Labute approximate surface area is 90.4 Å². The van der Waals surface area contributed by atoms with E-state index in [0.29, 0.717) is 5.56 Å². The molecule has 1 atom stereocenters. The van der Waals surface area contributed by atoms with Crippen LogP contribution in [0.1, 0.15) is 18.6 Å². The molecule has 72 valence electrons. The van der Waals surface area contributed by atoms with Gasteiger partial charge in [-0.2, -0.15) is 5.26 Å². The van der Waals surface area contributed by atoms with Crippen LogP contribution < -0.4 is 0 Å². The molecule has 14 heavy (non-hydrogen) atoms. The zero-order chi connectivity index (χ0) is 10.6. The zero-order valence-corrected chi connectivity index (χ0v) is 9.11. The highest BCUT2D eigenvalue weighted by Crippen LogP contribution is 2.25. The molecule has 1 rings (SSSR count). The normalized spacial score (nSPS) is 11.5. The minimum absolute atomic E-state index is 0.465. The molecule has 0 amide bonds. The summed E-state index contributed by atoms with van der Waals surface area (Å²) in [5, 5.41) is 8.80. The Kier molecular flexibility index (Phi) is 3.66. The summed E-state index contributed by atoms with van der Waals surface area (Å²) in [7, 11) is 0. The Morgan fingerprint density at radius 2 is 2.21 bits per heavy atom. The van der Waals surface area contributed by atoms with Gasteiger partial charge in [-0.1, -0.05) is 34.1 Å². The maximum Gasteiger partial charge on any atom is 0.304 e. The predicted molar refractivity (Wildman–Crippen MR) is 54.3 cm³/mol. The lowest BCUT2D eigenvalue weighted by Crippen LogP contribution is -2.06. The molecule has 0 aliphatic carbocycles. The molecule has 0 aliphatic rings. The summed E-state index contributed by atoms with van der Waals surface area (Å²) in [6.45, 7) is 1.28. The van der Waals surface area contributed by atoms with Gasteiger partial charge in [0.25, 0.3) is 0 Å². The van der Waals surface area contributed by atoms with Crippen molar-refractivity contribution in [3.05, 3.63) is 34.3 Å². The number of nitrogens with zero attached hydrogens (tertiary/aromatic N) is 1. The summed E-state index contributed by atoms with van der Waals surface area (Å²) < 4.78 is 5.59. The predicted octanol–water partition coefficient (Wildman–Crippen LogP) is 2.58. The van der Waals surface area contributed by atoms with E-state index in [2.05, 4.69) is 15.9 Å². The number of carbonyl (C=O) groups excluding carboxylic acids is 1. The van der Waals surface area contributed by atoms with E-state index in [1.165, 1.54) is 6.92 Å². The molecular weight excluding hydrogens is 246 g/mol. The van der Waals surface area contributed by atoms with E-state index in [-0.39, 0.29) is 0 Å². The molecule has 0 heterocycles. The van der Waals surface area contributed by atoms with Crippen molar-refractivity contribution < 1.29 is 9.53 Å². The zero-order valence-electron chi connectivity index (χ0n) is 7.53. The fourth-order valence-electron chi connectivity index (χ4n) is 1.01. The maximum atomic E-state index is 10.7. The monoisotopic (exact) mass is 253 g/mol. The van der Waals surface area contributed by atoms with E-state index in [4.69, 9.17) is 10.00 Å². The minimum atomic E-state index is -0.844. The third-order valence-electron chi connectivity index (χ3n) is 1.59. The number of carbonyl (C=O) groups is 1. The van der Waals surface area contributed by atoms with E-state index in [1.807, 2.05) is 12.1 Å². The number of hydrogen-bond donors (Lipinski definition) is 0. The second-order valence-electron chi connectivity index (χ2n) is 2.64. The number of rotatable bonds is 2. The van der Waals surface area contributed by atoms with Gasteiger partial charge in [-0.05, 0) is 6.07 Å². The molecule has 0 N–H and O–H groups in total. The molecular formula is C10H8BrNO2. The third-order valence-corrected chi connectivity index (χ3v) is 2.31. The van der Waals surface area contributed by atoms with Gasteiger partial charge >= 0.3 is 5.97 Å². The number of halogens is 1. The number of benzene rings is 1. The molecule has 0 aliphatic heterocycles. The lowest BCUT2D eigenvalue weighted by atomic mass is 10.1. The van der Waals surface area contributed by atoms with Crippen LogP contribution in [0.25, 0.3) is 0 Å². The van der Waals surface area contributed by atoms with Crippen molar-refractivity contribution in [3.8, 4) is 6.07 Å². The van der Waals surface area contributed by atoms with Crippen LogP contribution in [0.4, 0.5) is 0 Å². The first kappa shape index (κ1) is 10.7. The Bertz CT molecular complexity index is 384. The summed E-state index contributed by atoms with van der Waals surface area (Å²) in [5.41, 5.74) is 0.658. The van der Waals surface area contributed by atoms with Crippen LogP contribution in [0.5, 0.6) is 0 Å². The number of ether oxygens (including phenoxy) is 1. The van der Waals surface area contributed by atoms with Crippen molar-refractivity contribution in [2.75, 3.05) is 0 Å². The molecule has 4 heteroatoms. The summed E-state index contributed by atoms with van der Waals surface area (Å²) >= 11 is 3.29. The van der Waals surface area contributed by atoms with Gasteiger partial charge in [-0.25, -0.2) is 0 Å². The molecule has 0 saturated carbocycles. The average Bonchev–Trinajstić information content (AvgIpc) is 2.15. The molecule has 0 bridgehead atoms. The highest BCUT2D eigenvalue weighted by Gasteiger charge is 2.15. The Balaban J connectivity index is 2.96. The highest BCUT2D eigenvalue weighted by atomic mass is 79.9. The van der Waals surface area contributed by atoms with Crippen molar-refractivity contribution in [2.24, 2.45) is 0 Å². The van der Waals surface area contributed by atoms with Crippen LogP contribution in [0, 0.1) is 11.3 Å².